The third kappa shape index (κ3) is 6.36. The third-order valence-corrected chi connectivity index (χ3v) is 6.43. The Morgan fingerprint density at radius 1 is 1.26 bits per heavy atom. The molecule has 9 heteroatoms. The van der Waals surface area contributed by atoms with Gasteiger partial charge in [0.25, 0.3) is 5.09 Å². The van der Waals surface area contributed by atoms with Gasteiger partial charge < -0.3 is 19.4 Å². The maximum Gasteiger partial charge on any atom is 0.336 e. The summed E-state index contributed by atoms with van der Waals surface area (Å²) in [5.41, 5.74) is 2.62. The van der Waals surface area contributed by atoms with Crippen LogP contribution in [0.5, 0.6) is 11.5 Å². The molecular weight excluding hydrogens is 442 g/mol. The number of nitrogens with zero attached hydrogens (tertiary/aromatic N) is 1. The highest BCUT2D eigenvalue weighted by atomic mass is 16.9. The zero-order valence-electron chi connectivity index (χ0n) is 19.7. The first-order valence-electron chi connectivity index (χ1n) is 11.5. The summed E-state index contributed by atoms with van der Waals surface area (Å²) < 4.78 is 12.1. The van der Waals surface area contributed by atoms with Gasteiger partial charge in [-0.05, 0) is 70.6 Å². The van der Waals surface area contributed by atoms with E-state index in [1.54, 1.807) is 0 Å². The van der Waals surface area contributed by atoms with E-state index in [0.717, 1.165) is 49.0 Å². The van der Waals surface area contributed by atoms with Crippen LogP contribution in [0.1, 0.15) is 69.9 Å². The van der Waals surface area contributed by atoms with Crippen molar-refractivity contribution in [3.05, 3.63) is 57.2 Å². The van der Waals surface area contributed by atoms with E-state index in [9.17, 15) is 19.7 Å². The summed E-state index contributed by atoms with van der Waals surface area (Å²) in [5.74, 6) is -0.592. The number of carbonyl (C=O) groups excluding carboxylic acids is 1. The lowest BCUT2D eigenvalue weighted by atomic mass is 9.67. The number of unbranched alkanes of at least 4 members (excludes halogenated alkanes) is 2. The maximum atomic E-state index is 12.4. The molecule has 2 atom stereocenters. The van der Waals surface area contributed by atoms with Gasteiger partial charge in [0, 0.05) is 29.6 Å². The zero-order chi connectivity index (χ0) is 24.9. The van der Waals surface area contributed by atoms with Crippen molar-refractivity contribution in [2.45, 2.75) is 70.8 Å². The van der Waals surface area contributed by atoms with Gasteiger partial charge in [0.05, 0.1) is 6.61 Å². The van der Waals surface area contributed by atoms with Crippen molar-refractivity contribution in [1.29, 1.82) is 0 Å². The largest absolute Gasteiger partial charge is 0.487 e. The number of ether oxygens (including phenoxy) is 2. The van der Waals surface area contributed by atoms with Crippen LogP contribution in [0.4, 0.5) is 0 Å². The lowest BCUT2D eigenvalue weighted by Crippen LogP contribution is -2.45. The van der Waals surface area contributed by atoms with E-state index in [-0.39, 0.29) is 18.4 Å². The molecule has 9 nitrogen and oxygen atoms in total. The van der Waals surface area contributed by atoms with E-state index in [1.165, 1.54) is 5.57 Å². The monoisotopic (exact) mass is 473 g/mol. The molecule has 0 amide bonds. The highest BCUT2D eigenvalue weighted by Crippen LogP contribution is 2.54. The molecule has 1 aromatic carbocycles. The number of hydrogen-bond acceptors (Lipinski definition) is 7. The molecule has 0 bridgehead atoms. The molecule has 1 N–H and O–H groups in total. The summed E-state index contributed by atoms with van der Waals surface area (Å²) in [4.78, 5) is 37.8. The molecule has 0 saturated carbocycles. The minimum atomic E-state index is -1.23. The quantitative estimate of drug-likeness (QED) is 0.0980. The highest BCUT2D eigenvalue weighted by Gasteiger charge is 2.46. The molecule has 184 valence electrons. The summed E-state index contributed by atoms with van der Waals surface area (Å²) in [7, 11) is 0. The Kier molecular flexibility index (Phi) is 7.96. The van der Waals surface area contributed by atoms with Crippen LogP contribution in [-0.2, 0) is 20.8 Å². The Hall–Kier alpha value is -3.36. The van der Waals surface area contributed by atoms with Crippen molar-refractivity contribution >= 4 is 11.9 Å². The normalized spacial score (nSPS) is 20.5. The molecule has 0 spiro atoms. The summed E-state index contributed by atoms with van der Waals surface area (Å²) >= 11 is 0. The average molecular weight is 474 g/mol. The average Bonchev–Trinajstić information content (AvgIpc) is 2.73. The molecule has 0 unspecified atom stereocenters. The lowest BCUT2D eigenvalue weighted by Gasteiger charge is -2.47. The van der Waals surface area contributed by atoms with Gasteiger partial charge >= 0.3 is 11.9 Å². The number of fused-ring (bicyclic) bond motifs is 3. The van der Waals surface area contributed by atoms with Gasteiger partial charge in [0.2, 0.25) is 0 Å². The standard InChI is InChI=1S/C25H31NO8/c1-16-8-9-19-18(13-16)24-20(33-23(29)11-10-22(27)28)14-17(15-21(24)34-25(19,2)3)7-5-4-6-12-32-26(30)31/h8,10-11,14-15,18-19H,4-7,9,12-13H2,1-3H3,(H,27,28)/b11-10-/t18-,19-/m1/s1. The first-order valence-corrected chi connectivity index (χ1v) is 11.5. The molecule has 1 aliphatic carbocycles. The number of carboxylic acid groups (broad SMARTS) is 1. The van der Waals surface area contributed by atoms with Gasteiger partial charge in [-0.1, -0.05) is 18.1 Å². The van der Waals surface area contributed by atoms with E-state index in [2.05, 4.69) is 31.7 Å². The van der Waals surface area contributed by atoms with Crippen molar-refractivity contribution in [2.24, 2.45) is 5.92 Å². The molecule has 0 aromatic heterocycles. The topological polar surface area (TPSA) is 125 Å². The first kappa shape index (κ1) is 25.3. The molecule has 1 aromatic rings. The van der Waals surface area contributed by atoms with Crippen LogP contribution in [0.3, 0.4) is 0 Å². The second-order valence-corrected chi connectivity index (χ2v) is 9.37. The summed E-state index contributed by atoms with van der Waals surface area (Å²) in [6.45, 7) is 6.30. The van der Waals surface area contributed by atoms with E-state index < -0.39 is 22.6 Å². The zero-order valence-corrected chi connectivity index (χ0v) is 19.7. The van der Waals surface area contributed by atoms with Crippen LogP contribution in [0.15, 0.2) is 35.9 Å². The molecule has 0 saturated heterocycles. The lowest BCUT2D eigenvalue weighted by molar-refractivity contribution is -0.757. The second-order valence-electron chi connectivity index (χ2n) is 9.37. The molecule has 1 aliphatic heterocycles. The van der Waals surface area contributed by atoms with Crippen molar-refractivity contribution in [3.8, 4) is 11.5 Å². The highest BCUT2D eigenvalue weighted by molar-refractivity contribution is 5.92. The number of benzene rings is 1. The minimum absolute atomic E-state index is 0.0587. The van der Waals surface area contributed by atoms with Gasteiger partial charge in [-0.3, -0.25) is 0 Å². The molecule has 0 fully saturated rings. The Balaban J connectivity index is 1.88. The van der Waals surface area contributed by atoms with Crippen LogP contribution < -0.4 is 9.47 Å². The number of carboxylic acids is 1. The Morgan fingerprint density at radius 3 is 2.74 bits per heavy atom. The Labute approximate surface area is 198 Å². The van der Waals surface area contributed by atoms with E-state index in [4.69, 9.17) is 14.6 Å². The number of aryl methyl sites for hydroxylation is 1. The number of rotatable bonds is 10. The van der Waals surface area contributed by atoms with Crippen LogP contribution in [-0.4, -0.2) is 34.3 Å². The van der Waals surface area contributed by atoms with E-state index >= 15 is 0 Å². The molecule has 3 rings (SSSR count). The number of hydrogen-bond donors (Lipinski definition) is 1. The van der Waals surface area contributed by atoms with Crippen LogP contribution in [0.25, 0.3) is 0 Å². The van der Waals surface area contributed by atoms with Gasteiger partial charge in [0.1, 0.15) is 17.1 Å². The minimum Gasteiger partial charge on any atom is -0.487 e. The Bertz CT molecular complexity index is 1010. The van der Waals surface area contributed by atoms with Crippen LogP contribution in [0, 0.1) is 16.0 Å². The van der Waals surface area contributed by atoms with Gasteiger partial charge in [-0.2, -0.15) is 0 Å². The number of aliphatic carboxylic acids is 1. The predicted molar refractivity (Wildman–Crippen MR) is 123 cm³/mol. The molecule has 0 radical (unpaired) electrons. The van der Waals surface area contributed by atoms with Gasteiger partial charge in [-0.15, -0.1) is 10.1 Å². The molecular formula is C25H31NO8. The van der Waals surface area contributed by atoms with Crippen molar-refractivity contribution in [1.82, 2.24) is 0 Å². The fourth-order valence-corrected chi connectivity index (χ4v) is 4.86. The number of allylic oxidation sites excluding steroid dienone is 2. The maximum absolute atomic E-state index is 12.4. The van der Waals surface area contributed by atoms with Gasteiger partial charge in [0.15, 0.2) is 0 Å². The van der Waals surface area contributed by atoms with E-state index in [1.807, 2.05) is 12.1 Å². The fourth-order valence-electron chi connectivity index (χ4n) is 4.86. The predicted octanol–water partition coefficient (Wildman–Crippen LogP) is 4.76. The third-order valence-electron chi connectivity index (χ3n) is 6.43. The van der Waals surface area contributed by atoms with E-state index in [0.29, 0.717) is 24.3 Å². The molecule has 2 aliphatic rings. The smallest absolute Gasteiger partial charge is 0.336 e. The SMILES string of the molecule is CC1=CC[C@@H]2[C@@H](C1)c1c(OC(=O)/C=C\C(=O)O)cc(CCCCCO[N+](=O)[O-])cc1OC2(C)C. The number of carbonyl (C=O) groups is 2. The molecule has 1 heterocycles. The van der Waals surface area contributed by atoms with Gasteiger partial charge in [-0.25, -0.2) is 9.59 Å². The fraction of sp³-hybridized carbons (Fsp3) is 0.520. The summed E-state index contributed by atoms with van der Waals surface area (Å²) in [6.07, 6.45) is 8.31. The second kappa shape index (κ2) is 10.7. The van der Waals surface area contributed by atoms with Crippen molar-refractivity contribution < 1.29 is 34.1 Å². The van der Waals surface area contributed by atoms with Crippen molar-refractivity contribution in [2.75, 3.05) is 6.61 Å². The van der Waals surface area contributed by atoms with Crippen LogP contribution in [0.2, 0.25) is 0 Å². The Morgan fingerprint density at radius 2 is 2.03 bits per heavy atom. The number of esters is 1. The summed E-state index contributed by atoms with van der Waals surface area (Å²) in [6, 6.07) is 3.81. The van der Waals surface area contributed by atoms with Crippen molar-refractivity contribution in [3.63, 3.8) is 0 Å². The first-order chi connectivity index (χ1) is 16.1. The molecule has 34 heavy (non-hydrogen) atoms. The van der Waals surface area contributed by atoms with Crippen LogP contribution >= 0.6 is 0 Å². The summed E-state index contributed by atoms with van der Waals surface area (Å²) in [5, 5.41) is 18.3.